The van der Waals surface area contributed by atoms with Crippen molar-refractivity contribution in [2.75, 3.05) is 0 Å². The van der Waals surface area contributed by atoms with Crippen LogP contribution in [0.2, 0.25) is 0 Å². The van der Waals surface area contributed by atoms with Crippen molar-refractivity contribution in [3.63, 3.8) is 0 Å². The van der Waals surface area contributed by atoms with Crippen LogP contribution in [0.1, 0.15) is 29.1 Å². The number of Topliss-reactive ketones (excluding diaryl/α,β-unsaturated/α-hetero) is 1. The minimum absolute atomic E-state index is 0.211. The molecule has 106 valence electrons. The quantitative estimate of drug-likeness (QED) is 0.843. The molecule has 2 aromatic rings. The number of carbonyl (C=O) groups excluding carboxylic acids is 1. The van der Waals surface area contributed by atoms with Crippen LogP contribution in [0, 0.1) is 13.8 Å². The molecule has 0 unspecified atom stereocenters. The first-order chi connectivity index (χ1) is 9.47. The molecule has 2 rings (SSSR count). The molecule has 0 aliphatic heterocycles. The van der Waals surface area contributed by atoms with E-state index in [1.165, 1.54) is 5.56 Å². The van der Waals surface area contributed by atoms with Gasteiger partial charge in [-0.25, -0.2) is 0 Å². The Balaban J connectivity index is 1.94. The molecular formula is C15H18BrN3O. The maximum absolute atomic E-state index is 12.0. The molecule has 2 aromatic heterocycles. The first-order valence-corrected chi connectivity index (χ1v) is 7.38. The van der Waals surface area contributed by atoms with E-state index in [1.807, 2.05) is 37.7 Å². The Kier molecular flexibility index (Phi) is 4.70. The van der Waals surface area contributed by atoms with Crippen LogP contribution in [0.5, 0.6) is 0 Å². The van der Waals surface area contributed by atoms with Crippen LogP contribution < -0.4 is 0 Å². The van der Waals surface area contributed by atoms with Gasteiger partial charge in [0, 0.05) is 41.9 Å². The zero-order valence-electron chi connectivity index (χ0n) is 12.0. The Labute approximate surface area is 127 Å². The largest absolute Gasteiger partial charge is 0.299 e. The van der Waals surface area contributed by atoms with Gasteiger partial charge >= 0.3 is 0 Å². The second kappa shape index (κ2) is 6.31. The Morgan fingerprint density at radius 2 is 2.10 bits per heavy atom. The number of aryl methyl sites for hydroxylation is 2. The lowest BCUT2D eigenvalue weighted by atomic mass is 10.0. The van der Waals surface area contributed by atoms with Crippen LogP contribution in [-0.2, 0) is 24.7 Å². The van der Waals surface area contributed by atoms with Crippen molar-refractivity contribution >= 4 is 21.7 Å². The summed E-state index contributed by atoms with van der Waals surface area (Å²) in [4.78, 5) is 16.2. The van der Waals surface area contributed by atoms with Crippen molar-refractivity contribution in [2.24, 2.45) is 7.05 Å². The molecule has 0 aliphatic carbocycles. The smallest absolute Gasteiger partial charge is 0.139 e. The Morgan fingerprint density at radius 1 is 1.35 bits per heavy atom. The Hall–Kier alpha value is -1.49. The highest BCUT2D eigenvalue weighted by Crippen LogP contribution is 2.15. The zero-order chi connectivity index (χ0) is 14.7. The van der Waals surface area contributed by atoms with Gasteiger partial charge in [-0.1, -0.05) is 0 Å². The van der Waals surface area contributed by atoms with Crippen LogP contribution >= 0.6 is 15.9 Å². The fourth-order valence-electron chi connectivity index (χ4n) is 2.25. The molecule has 0 spiro atoms. The number of nitrogens with zero attached hydrogens (tertiary/aromatic N) is 3. The second-order valence-electron chi connectivity index (χ2n) is 4.96. The molecule has 0 saturated heterocycles. The first kappa shape index (κ1) is 14.9. The normalized spacial score (nSPS) is 10.8. The maximum atomic E-state index is 12.0. The van der Waals surface area contributed by atoms with Gasteiger partial charge in [0.05, 0.1) is 5.69 Å². The van der Waals surface area contributed by atoms with Crippen LogP contribution in [0.3, 0.4) is 0 Å². The van der Waals surface area contributed by atoms with E-state index in [0.717, 1.165) is 28.0 Å². The van der Waals surface area contributed by atoms with Crippen LogP contribution in [-0.4, -0.2) is 20.5 Å². The van der Waals surface area contributed by atoms with E-state index in [9.17, 15) is 4.79 Å². The topological polar surface area (TPSA) is 47.8 Å². The minimum Gasteiger partial charge on any atom is -0.299 e. The summed E-state index contributed by atoms with van der Waals surface area (Å²) in [6.07, 6.45) is 3.40. The molecule has 0 aromatic carbocycles. The average molecular weight is 336 g/mol. The van der Waals surface area contributed by atoms with E-state index in [0.29, 0.717) is 12.8 Å². The lowest BCUT2D eigenvalue weighted by Gasteiger charge is -2.03. The summed E-state index contributed by atoms with van der Waals surface area (Å²) in [5.74, 6) is 0.211. The summed E-state index contributed by atoms with van der Waals surface area (Å²) in [5, 5.41) is 4.37. The molecule has 0 atom stereocenters. The molecule has 4 nitrogen and oxygen atoms in total. The summed E-state index contributed by atoms with van der Waals surface area (Å²) < 4.78 is 2.79. The minimum atomic E-state index is 0.211. The molecule has 0 fully saturated rings. The SMILES string of the molecule is Cc1nn(C)c(C)c1CCC(=O)Cc1ccc(Br)cn1. The van der Waals surface area contributed by atoms with Crippen molar-refractivity contribution in [1.29, 1.82) is 0 Å². The fraction of sp³-hybridized carbons (Fsp3) is 0.400. The number of rotatable bonds is 5. The molecule has 0 aliphatic rings. The van der Waals surface area contributed by atoms with Crippen LogP contribution in [0.15, 0.2) is 22.8 Å². The molecule has 0 radical (unpaired) electrons. The highest BCUT2D eigenvalue weighted by molar-refractivity contribution is 9.10. The number of pyridine rings is 1. The summed E-state index contributed by atoms with van der Waals surface area (Å²) in [5.41, 5.74) is 4.15. The predicted molar refractivity (Wildman–Crippen MR) is 81.7 cm³/mol. The number of hydrogen-bond donors (Lipinski definition) is 0. The highest BCUT2D eigenvalue weighted by Gasteiger charge is 2.12. The molecule has 0 amide bonds. The van der Waals surface area contributed by atoms with Gasteiger partial charge in [0.2, 0.25) is 0 Å². The fourth-order valence-corrected chi connectivity index (χ4v) is 2.48. The van der Waals surface area contributed by atoms with E-state index in [1.54, 1.807) is 6.20 Å². The molecule has 0 N–H and O–H groups in total. The van der Waals surface area contributed by atoms with E-state index in [-0.39, 0.29) is 5.78 Å². The number of aromatic nitrogens is 3. The Morgan fingerprint density at radius 3 is 2.65 bits per heavy atom. The maximum Gasteiger partial charge on any atom is 0.139 e. The monoisotopic (exact) mass is 335 g/mol. The predicted octanol–water partition coefficient (Wildman–Crippen LogP) is 2.94. The molecule has 20 heavy (non-hydrogen) atoms. The van der Waals surface area contributed by atoms with Crippen molar-refractivity contribution < 1.29 is 4.79 Å². The summed E-state index contributed by atoms with van der Waals surface area (Å²) in [7, 11) is 1.93. The standard InChI is InChI=1S/C15H18BrN3O/c1-10-15(11(2)19(3)18-10)7-6-14(20)8-13-5-4-12(16)9-17-13/h4-5,9H,6-8H2,1-3H3. The lowest BCUT2D eigenvalue weighted by molar-refractivity contribution is -0.118. The summed E-state index contributed by atoms with van der Waals surface area (Å²) >= 11 is 3.33. The summed E-state index contributed by atoms with van der Waals surface area (Å²) in [6.45, 7) is 4.03. The van der Waals surface area contributed by atoms with Gasteiger partial charge in [-0.05, 0) is 53.9 Å². The van der Waals surface area contributed by atoms with Gasteiger partial charge in [-0.3, -0.25) is 14.5 Å². The van der Waals surface area contributed by atoms with Gasteiger partial charge in [0.25, 0.3) is 0 Å². The third-order valence-electron chi connectivity index (χ3n) is 3.48. The van der Waals surface area contributed by atoms with Gasteiger partial charge in [-0.2, -0.15) is 5.10 Å². The van der Waals surface area contributed by atoms with E-state index in [4.69, 9.17) is 0 Å². The molecule has 5 heteroatoms. The van der Waals surface area contributed by atoms with Gasteiger partial charge in [0.15, 0.2) is 0 Å². The van der Waals surface area contributed by atoms with Gasteiger partial charge in [0.1, 0.15) is 5.78 Å². The van der Waals surface area contributed by atoms with Gasteiger partial charge < -0.3 is 0 Å². The van der Waals surface area contributed by atoms with E-state index < -0.39 is 0 Å². The number of carbonyl (C=O) groups is 1. The molecule has 2 heterocycles. The number of ketones is 1. The zero-order valence-corrected chi connectivity index (χ0v) is 13.6. The first-order valence-electron chi connectivity index (χ1n) is 6.58. The summed E-state index contributed by atoms with van der Waals surface area (Å²) in [6, 6.07) is 3.79. The average Bonchev–Trinajstić information content (AvgIpc) is 2.64. The van der Waals surface area contributed by atoms with Crippen molar-refractivity contribution in [3.8, 4) is 0 Å². The lowest BCUT2D eigenvalue weighted by Crippen LogP contribution is -2.06. The molecular weight excluding hydrogens is 318 g/mol. The second-order valence-corrected chi connectivity index (χ2v) is 5.87. The molecule has 0 bridgehead atoms. The third kappa shape index (κ3) is 3.54. The third-order valence-corrected chi connectivity index (χ3v) is 3.95. The number of hydrogen-bond acceptors (Lipinski definition) is 3. The van der Waals surface area contributed by atoms with Crippen LogP contribution in [0.25, 0.3) is 0 Å². The van der Waals surface area contributed by atoms with Crippen LogP contribution in [0.4, 0.5) is 0 Å². The number of halogens is 1. The molecule has 0 saturated carbocycles. The highest BCUT2D eigenvalue weighted by atomic mass is 79.9. The van der Waals surface area contributed by atoms with Gasteiger partial charge in [-0.15, -0.1) is 0 Å². The van der Waals surface area contributed by atoms with Crippen molar-refractivity contribution in [3.05, 3.63) is 45.4 Å². The van der Waals surface area contributed by atoms with Crippen molar-refractivity contribution in [2.45, 2.75) is 33.1 Å². The van der Waals surface area contributed by atoms with E-state index >= 15 is 0 Å². The van der Waals surface area contributed by atoms with E-state index in [2.05, 4.69) is 26.0 Å². The van der Waals surface area contributed by atoms with Crippen molar-refractivity contribution in [1.82, 2.24) is 14.8 Å². The Bertz CT molecular complexity index is 617.